The van der Waals surface area contributed by atoms with Gasteiger partial charge in [-0.05, 0) is 39.0 Å². The van der Waals surface area contributed by atoms with E-state index < -0.39 is 5.60 Å². The third kappa shape index (κ3) is 2.74. The quantitative estimate of drug-likeness (QED) is 0.914. The molecular formula is C15H26N4O. The fourth-order valence-corrected chi connectivity index (χ4v) is 3.54. The molecular weight excluding hydrogens is 252 g/mol. The molecule has 0 bridgehead atoms. The van der Waals surface area contributed by atoms with Crippen LogP contribution in [0, 0.1) is 5.92 Å². The van der Waals surface area contributed by atoms with Crippen LogP contribution in [0.5, 0.6) is 0 Å². The minimum Gasteiger partial charge on any atom is -0.382 e. The molecule has 2 heterocycles. The summed E-state index contributed by atoms with van der Waals surface area (Å²) in [6.45, 7) is 6.97. The Hall–Kier alpha value is -0.940. The summed E-state index contributed by atoms with van der Waals surface area (Å²) in [6, 6.07) is 0.288. The molecule has 2 fully saturated rings. The van der Waals surface area contributed by atoms with Crippen molar-refractivity contribution in [2.24, 2.45) is 5.92 Å². The van der Waals surface area contributed by atoms with Crippen LogP contribution >= 0.6 is 0 Å². The van der Waals surface area contributed by atoms with Crippen LogP contribution in [0.25, 0.3) is 0 Å². The third-order valence-corrected chi connectivity index (χ3v) is 4.83. The van der Waals surface area contributed by atoms with Crippen LogP contribution in [0.15, 0.2) is 6.20 Å². The second-order valence-electron chi connectivity index (χ2n) is 6.84. The number of β-amino-alcohol motifs (C(OH)–C–C–N with tert-alkyl or cyclic N) is 1. The van der Waals surface area contributed by atoms with Gasteiger partial charge in [-0.2, -0.15) is 0 Å². The number of rotatable bonds is 4. The molecule has 0 unspecified atom stereocenters. The molecule has 1 saturated carbocycles. The average molecular weight is 278 g/mol. The summed E-state index contributed by atoms with van der Waals surface area (Å²) in [4.78, 5) is 2.41. The van der Waals surface area contributed by atoms with Gasteiger partial charge in [-0.15, -0.1) is 5.10 Å². The largest absolute Gasteiger partial charge is 0.382 e. The van der Waals surface area contributed by atoms with Gasteiger partial charge in [-0.3, -0.25) is 4.90 Å². The zero-order valence-electron chi connectivity index (χ0n) is 12.6. The van der Waals surface area contributed by atoms with Gasteiger partial charge in [0.05, 0.1) is 6.20 Å². The Kier molecular flexibility index (Phi) is 3.82. The molecule has 1 aromatic heterocycles. The minimum atomic E-state index is -0.800. The molecule has 5 nitrogen and oxygen atoms in total. The van der Waals surface area contributed by atoms with E-state index in [4.69, 9.17) is 0 Å². The molecule has 0 amide bonds. The van der Waals surface area contributed by atoms with Crippen molar-refractivity contribution >= 4 is 0 Å². The summed E-state index contributed by atoms with van der Waals surface area (Å²) < 4.78 is 1.83. The number of aliphatic hydroxyl groups is 1. The lowest BCUT2D eigenvalue weighted by Crippen LogP contribution is -2.33. The lowest BCUT2D eigenvalue weighted by atomic mass is 10.00. The van der Waals surface area contributed by atoms with Crippen LogP contribution in [0.4, 0.5) is 0 Å². The number of likely N-dealkylation sites (tertiary alicyclic amines) is 1. The van der Waals surface area contributed by atoms with Crippen molar-refractivity contribution in [2.75, 3.05) is 19.6 Å². The van der Waals surface area contributed by atoms with E-state index in [-0.39, 0.29) is 6.04 Å². The highest BCUT2D eigenvalue weighted by Crippen LogP contribution is 2.33. The van der Waals surface area contributed by atoms with Crippen molar-refractivity contribution in [3.63, 3.8) is 0 Å². The second kappa shape index (κ2) is 5.45. The standard InChI is InChI=1S/C15H26N4O/c1-12(2)19-10-14(16-17-19)15(20)7-8-18(11-15)9-13-5-3-4-6-13/h10,12-13,20H,3-9,11H2,1-2H3/t15-/m0/s1. The maximum Gasteiger partial charge on any atom is 0.124 e. The molecule has 0 aromatic carbocycles. The molecule has 1 aliphatic carbocycles. The summed E-state index contributed by atoms with van der Waals surface area (Å²) in [5.74, 6) is 0.837. The zero-order chi connectivity index (χ0) is 14.2. The Morgan fingerprint density at radius 2 is 2.15 bits per heavy atom. The Morgan fingerprint density at radius 1 is 1.40 bits per heavy atom. The Balaban J connectivity index is 1.64. The van der Waals surface area contributed by atoms with Crippen LogP contribution in [0.1, 0.15) is 57.7 Å². The van der Waals surface area contributed by atoms with Crippen LogP contribution in [0.2, 0.25) is 0 Å². The maximum atomic E-state index is 10.8. The molecule has 3 rings (SSSR count). The number of aromatic nitrogens is 3. The lowest BCUT2D eigenvalue weighted by molar-refractivity contribution is 0.0400. The average Bonchev–Trinajstić information content (AvgIpc) is 3.10. The van der Waals surface area contributed by atoms with Gasteiger partial charge in [0.2, 0.25) is 0 Å². The molecule has 1 aromatic rings. The monoisotopic (exact) mass is 278 g/mol. The fraction of sp³-hybridized carbons (Fsp3) is 0.867. The molecule has 112 valence electrons. The molecule has 0 spiro atoms. The third-order valence-electron chi connectivity index (χ3n) is 4.83. The van der Waals surface area contributed by atoms with E-state index in [1.165, 1.54) is 25.7 Å². The minimum absolute atomic E-state index is 0.288. The first kappa shape index (κ1) is 14.0. The number of hydrogen-bond donors (Lipinski definition) is 1. The lowest BCUT2D eigenvalue weighted by Gasteiger charge is -2.23. The second-order valence-corrected chi connectivity index (χ2v) is 6.84. The van der Waals surface area contributed by atoms with Gasteiger partial charge < -0.3 is 5.11 Å². The van der Waals surface area contributed by atoms with Crippen molar-refractivity contribution in [1.29, 1.82) is 0 Å². The summed E-state index contributed by atoms with van der Waals surface area (Å²) >= 11 is 0. The molecule has 0 radical (unpaired) electrons. The molecule has 1 saturated heterocycles. The van der Waals surface area contributed by atoms with E-state index in [9.17, 15) is 5.11 Å². The summed E-state index contributed by atoms with van der Waals surface area (Å²) in [7, 11) is 0. The SMILES string of the molecule is CC(C)n1cc([C@]2(O)CCN(CC3CCCC3)C2)nn1. The van der Waals surface area contributed by atoms with E-state index in [0.29, 0.717) is 6.54 Å². The number of hydrogen-bond acceptors (Lipinski definition) is 4. The first-order valence-corrected chi connectivity index (χ1v) is 7.94. The van der Waals surface area contributed by atoms with Crippen molar-refractivity contribution < 1.29 is 5.11 Å². The van der Waals surface area contributed by atoms with E-state index in [0.717, 1.165) is 31.1 Å². The summed E-state index contributed by atoms with van der Waals surface area (Å²) in [6.07, 6.45) is 8.16. The summed E-state index contributed by atoms with van der Waals surface area (Å²) in [5.41, 5.74) is -0.0636. The van der Waals surface area contributed by atoms with E-state index in [1.807, 2.05) is 10.9 Å². The van der Waals surface area contributed by atoms with Gasteiger partial charge in [-0.1, -0.05) is 18.1 Å². The molecule has 1 aliphatic heterocycles. The Bertz CT molecular complexity index is 452. The van der Waals surface area contributed by atoms with Crippen molar-refractivity contribution in [1.82, 2.24) is 19.9 Å². The van der Waals surface area contributed by atoms with Crippen molar-refractivity contribution in [2.45, 2.75) is 57.6 Å². The number of nitrogens with zero attached hydrogens (tertiary/aromatic N) is 4. The predicted molar refractivity (Wildman–Crippen MR) is 77.3 cm³/mol. The highest BCUT2D eigenvalue weighted by molar-refractivity contribution is 5.11. The molecule has 1 N–H and O–H groups in total. The summed E-state index contributed by atoms with van der Waals surface area (Å²) in [5, 5.41) is 19.2. The highest BCUT2D eigenvalue weighted by atomic mass is 16.3. The molecule has 5 heteroatoms. The van der Waals surface area contributed by atoms with Crippen molar-refractivity contribution in [3.05, 3.63) is 11.9 Å². The first-order chi connectivity index (χ1) is 9.57. The van der Waals surface area contributed by atoms with Crippen LogP contribution < -0.4 is 0 Å². The van der Waals surface area contributed by atoms with Crippen LogP contribution in [-0.2, 0) is 5.60 Å². The fourth-order valence-electron chi connectivity index (χ4n) is 3.54. The Labute approximate surface area is 121 Å². The molecule has 20 heavy (non-hydrogen) atoms. The van der Waals surface area contributed by atoms with Gasteiger partial charge in [0.15, 0.2) is 0 Å². The van der Waals surface area contributed by atoms with Crippen LogP contribution in [0.3, 0.4) is 0 Å². The topological polar surface area (TPSA) is 54.2 Å². The van der Waals surface area contributed by atoms with Gasteiger partial charge in [-0.25, -0.2) is 4.68 Å². The zero-order valence-corrected chi connectivity index (χ0v) is 12.6. The normalized spacial score (nSPS) is 28.8. The van der Waals surface area contributed by atoms with Gasteiger partial charge >= 0.3 is 0 Å². The van der Waals surface area contributed by atoms with E-state index in [1.54, 1.807) is 0 Å². The van der Waals surface area contributed by atoms with E-state index >= 15 is 0 Å². The molecule has 2 aliphatic rings. The van der Waals surface area contributed by atoms with Gasteiger partial charge in [0.1, 0.15) is 11.3 Å². The Morgan fingerprint density at radius 3 is 2.80 bits per heavy atom. The maximum absolute atomic E-state index is 10.8. The van der Waals surface area contributed by atoms with Gasteiger partial charge in [0.25, 0.3) is 0 Å². The van der Waals surface area contributed by atoms with Crippen LogP contribution in [-0.4, -0.2) is 44.6 Å². The highest BCUT2D eigenvalue weighted by Gasteiger charge is 2.40. The first-order valence-electron chi connectivity index (χ1n) is 7.94. The van der Waals surface area contributed by atoms with Gasteiger partial charge in [0, 0.05) is 25.7 Å². The van der Waals surface area contributed by atoms with E-state index in [2.05, 4.69) is 29.1 Å². The predicted octanol–water partition coefficient (Wildman–Crippen LogP) is 1.94. The molecule has 1 atom stereocenters. The smallest absolute Gasteiger partial charge is 0.124 e. The van der Waals surface area contributed by atoms with Crippen molar-refractivity contribution in [3.8, 4) is 0 Å².